The average molecular weight is 477 g/mol. The van der Waals surface area contributed by atoms with Crippen molar-refractivity contribution in [3.63, 3.8) is 0 Å². The number of para-hydroxylation sites is 1. The van der Waals surface area contributed by atoms with Gasteiger partial charge in [0.1, 0.15) is 5.75 Å². The van der Waals surface area contributed by atoms with Crippen LogP contribution in [-0.4, -0.2) is 31.2 Å². The Kier molecular flexibility index (Phi) is 6.75. The minimum absolute atomic E-state index is 0.0116. The normalized spacial score (nSPS) is 10.7. The van der Waals surface area contributed by atoms with E-state index in [1.807, 2.05) is 30.3 Å². The van der Waals surface area contributed by atoms with Crippen LogP contribution in [0.25, 0.3) is 0 Å². The van der Waals surface area contributed by atoms with Crippen molar-refractivity contribution in [2.45, 2.75) is 0 Å². The van der Waals surface area contributed by atoms with Crippen molar-refractivity contribution in [2.75, 3.05) is 16.1 Å². The molecule has 3 aromatic carbocycles. The van der Waals surface area contributed by atoms with Gasteiger partial charge in [-0.15, -0.1) is 0 Å². The maximum Gasteiger partial charge on any atom is 0.269 e. The summed E-state index contributed by atoms with van der Waals surface area (Å²) >= 11 is 5.96. The van der Waals surface area contributed by atoms with Crippen LogP contribution < -0.4 is 16.1 Å². The molecule has 11 nitrogen and oxygen atoms in total. The van der Waals surface area contributed by atoms with Crippen molar-refractivity contribution >= 4 is 52.7 Å². The molecule has 0 bridgehead atoms. The number of anilines is 5. The lowest BCUT2D eigenvalue weighted by molar-refractivity contribution is -0.384. The molecule has 1 aromatic heterocycles. The number of aromatic nitrogens is 3. The molecule has 0 aliphatic heterocycles. The Balaban J connectivity index is 1.59. The summed E-state index contributed by atoms with van der Waals surface area (Å²) in [4.78, 5) is 23.3. The number of hydrogen-bond acceptors (Lipinski definition) is 10. The van der Waals surface area contributed by atoms with Crippen LogP contribution in [0, 0.1) is 10.1 Å². The highest BCUT2D eigenvalue weighted by molar-refractivity contribution is 6.30. The summed E-state index contributed by atoms with van der Waals surface area (Å²) in [5.74, 6) is 0.521. The molecule has 0 saturated carbocycles. The molecule has 4 N–H and O–H groups in total. The van der Waals surface area contributed by atoms with Crippen molar-refractivity contribution in [1.82, 2.24) is 15.0 Å². The Hall–Kier alpha value is -4.77. The zero-order valence-corrected chi connectivity index (χ0v) is 18.1. The van der Waals surface area contributed by atoms with Gasteiger partial charge in [-0.25, -0.2) is 5.43 Å². The second-order valence-corrected chi connectivity index (χ2v) is 7.24. The molecule has 0 aliphatic rings. The highest BCUT2D eigenvalue weighted by atomic mass is 35.5. The van der Waals surface area contributed by atoms with Gasteiger partial charge in [-0.05, 0) is 42.5 Å². The highest BCUT2D eigenvalue weighted by Gasteiger charge is 2.09. The molecular weight excluding hydrogens is 460 g/mol. The van der Waals surface area contributed by atoms with Crippen LogP contribution in [0.2, 0.25) is 5.02 Å². The van der Waals surface area contributed by atoms with E-state index in [9.17, 15) is 15.2 Å². The standard InChI is InChI=1S/C22H17ClN8O3/c23-15-6-11-19(32)14(12-15)13-24-30-22-28-20(25-16-4-2-1-3-5-16)27-21(29-22)26-17-7-9-18(10-8-17)31(33)34/h1-13,32H,(H3,25,26,27,28,29,30)/b24-13-. The van der Waals surface area contributed by atoms with Gasteiger partial charge in [0.15, 0.2) is 0 Å². The van der Waals surface area contributed by atoms with Crippen molar-refractivity contribution in [2.24, 2.45) is 5.10 Å². The van der Waals surface area contributed by atoms with E-state index in [0.29, 0.717) is 16.3 Å². The van der Waals surface area contributed by atoms with Crippen LogP contribution in [0.5, 0.6) is 5.75 Å². The summed E-state index contributed by atoms with van der Waals surface area (Å²) in [6, 6.07) is 19.7. The second-order valence-electron chi connectivity index (χ2n) is 6.80. The lowest BCUT2D eigenvalue weighted by atomic mass is 10.2. The van der Waals surface area contributed by atoms with Crippen LogP contribution in [0.3, 0.4) is 0 Å². The Morgan fingerprint density at radius 3 is 2.15 bits per heavy atom. The van der Waals surface area contributed by atoms with Gasteiger partial charge in [-0.2, -0.15) is 20.1 Å². The van der Waals surface area contributed by atoms with Crippen LogP contribution in [-0.2, 0) is 0 Å². The molecular formula is C22H17ClN8O3. The zero-order valence-electron chi connectivity index (χ0n) is 17.4. The predicted molar refractivity (Wildman–Crippen MR) is 130 cm³/mol. The number of phenolic OH excluding ortho intramolecular Hbond substituents is 1. The molecule has 0 fully saturated rings. The van der Waals surface area contributed by atoms with Gasteiger partial charge < -0.3 is 15.7 Å². The number of rotatable bonds is 8. The van der Waals surface area contributed by atoms with Crippen molar-refractivity contribution in [3.05, 3.63) is 93.5 Å². The molecule has 0 saturated heterocycles. The summed E-state index contributed by atoms with van der Waals surface area (Å²) in [6.07, 6.45) is 1.37. The van der Waals surface area contributed by atoms with Gasteiger partial charge in [0.25, 0.3) is 5.69 Å². The number of nitro groups is 1. The van der Waals surface area contributed by atoms with E-state index in [4.69, 9.17) is 11.6 Å². The van der Waals surface area contributed by atoms with Gasteiger partial charge in [0.05, 0.1) is 11.1 Å². The monoisotopic (exact) mass is 476 g/mol. The molecule has 0 unspecified atom stereocenters. The fourth-order valence-electron chi connectivity index (χ4n) is 2.77. The number of hydrazone groups is 1. The first-order chi connectivity index (χ1) is 16.5. The molecule has 12 heteroatoms. The Bertz CT molecular complexity index is 1330. The number of non-ortho nitro benzene ring substituents is 1. The molecule has 0 aliphatic carbocycles. The lowest BCUT2D eigenvalue weighted by Gasteiger charge is -2.10. The average Bonchev–Trinajstić information content (AvgIpc) is 2.82. The van der Waals surface area contributed by atoms with E-state index in [1.165, 1.54) is 24.4 Å². The number of hydrogen-bond donors (Lipinski definition) is 4. The molecule has 0 spiro atoms. The number of nitro benzene ring substituents is 1. The van der Waals surface area contributed by atoms with Crippen LogP contribution in [0.1, 0.15) is 5.56 Å². The second kappa shape index (κ2) is 10.2. The van der Waals surface area contributed by atoms with Crippen LogP contribution in [0.15, 0.2) is 77.9 Å². The summed E-state index contributed by atoms with van der Waals surface area (Å²) in [6.45, 7) is 0. The smallest absolute Gasteiger partial charge is 0.269 e. The van der Waals surface area contributed by atoms with Crippen LogP contribution in [0.4, 0.5) is 34.9 Å². The summed E-state index contributed by atoms with van der Waals surface area (Å²) in [5.41, 5.74) is 4.37. The third kappa shape index (κ3) is 5.93. The third-order valence-electron chi connectivity index (χ3n) is 4.36. The number of nitrogens with zero attached hydrogens (tertiary/aromatic N) is 5. The molecule has 170 valence electrons. The molecule has 4 aromatic rings. The minimum Gasteiger partial charge on any atom is -0.507 e. The number of phenols is 1. The first kappa shape index (κ1) is 22.4. The van der Waals surface area contributed by atoms with E-state index in [2.05, 4.69) is 36.1 Å². The minimum atomic E-state index is -0.480. The molecule has 0 atom stereocenters. The van der Waals surface area contributed by atoms with Crippen LogP contribution >= 0.6 is 11.6 Å². The molecule has 1 heterocycles. The van der Waals surface area contributed by atoms with Gasteiger partial charge >= 0.3 is 0 Å². The number of benzene rings is 3. The van der Waals surface area contributed by atoms with Gasteiger partial charge in [0.2, 0.25) is 17.8 Å². The SMILES string of the molecule is O=[N+]([O-])c1ccc(Nc2nc(N/N=C\c3cc(Cl)ccc3O)nc(Nc3ccccc3)n2)cc1. The van der Waals surface area contributed by atoms with Crippen molar-refractivity contribution < 1.29 is 10.0 Å². The number of halogens is 1. The highest BCUT2D eigenvalue weighted by Crippen LogP contribution is 2.22. The van der Waals surface area contributed by atoms with Gasteiger partial charge in [0, 0.05) is 34.1 Å². The maximum absolute atomic E-state index is 10.9. The van der Waals surface area contributed by atoms with Gasteiger partial charge in [-0.1, -0.05) is 29.8 Å². The lowest BCUT2D eigenvalue weighted by Crippen LogP contribution is -2.07. The van der Waals surface area contributed by atoms with Crippen molar-refractivity contribution in [3.8, 4) is 5.75 Å². The van der Waals surface area contributed by atoms with E-state index < -0.39 is 4.92 Å². The first-order valence-corrected chi connectivity index (χ1v) is 10.2. The number of aromatic hydroxyl groups is 1. The van der Waals surface area contributed by atoms with Gasteiger partial charge in [-0.3, -0.25) is 10.1 Å². The van der Waals surface area contributed by atoms with E-state index in [-0.39, 0.29) is 29.3 Å². The van der Waals surface area contributed by atoms with E-state index >= 15 is 0 Å². The summed E-state index contributed by atoms with van der Waals surface area (Å²) < 4.78 is 0. The van der Waals surface area contributed by atoms with E-state index in [0.717, 1.165) is 5.69 Å². The largest absolute Gasteiger partial charge is 0.507 e. The fraction of sp³-hybridized carbons (Fsp3) is 0. The van der Waals surface area contributed by atoms with E-state index in [1.54, 1.807) is 24.3 Å². The fourth-order valence-corrected chi connectivity index (χ4v) is 2.95. The molecule has 0 radical (unpaired) electrons. The van der Waals surface area contributed by atoms with Crippen molar-refractivity contribution in [1.29, 1.82) is 0 Å². The maximum atomic E-state index is 10.9. The summed E-state index contributed by atoms with van der Waals surface area (Å²) in [7, 11) is 0. The molecule has 0 amide bonds. The Labute approximate surface area is 198 Å². The quantitative estimate of drug-likeness (QED) is 0.155. The zero-order chi connectivity index (χ0) is 23.9. The number of nitrogens with one attached hydrogen (secondary N) is 3. The topological polar surface area (TPSA) is 150 Å². The molecule has 34 heavy (non-hydrogen) atoms. The molecule has 4 rings (SSSR count). The first-order valence-electron chi connectivity index (χ1n) is 9.83. The predicted octanol–water partition coefficient (Wildman–Crippen LogP) is 5.07. The Morgan fingerprint density at radius 2 is 1.50 bits per heavy atom. The Morgan fingerprint density at radius 1 is 0.882 bits per heavy atom. The third-order valence-corrected chi connectivity index (χ3v) is 4.59. The summed E-state index contributed by atoms with van der Waals surface area (Å²) in [5, 5.41) is 31.4.